The van der Waals surface area contributed by atoms with E-state index >= 15 is 0 Å². The number of aryl methyl sites for hydroxylation is 1. The number of nitrogens with zero attached hydrogens (tertiary/aromatic N) is 4. The van der Waals surface area contributed by atoms with Crippen molar-refractivity contribution in [3.05, 3.63) is 66.0 Å². The zero-order valence-electron chi connectivity index (χ0n) is 13.4. The van der Waals surface area contributed by atoms with E-state index in [9.17, 15) is 4.79 Å². The summed E-state index contributed by atoms with van der Waals surface area (Å²) in [5.41, 5.74) is 2.73. The predicted molar refractivity (Wildman–Crippen MR) is 89.4 cm³/mol. The minimum absolute atomic E-state index is 0.0113. The number of benzene rings is 2. The molecular formula is C18H18N4O2. The number of ketones is 1. The van der Waals surface area contributed by atoms with E-state index in [1.54, 1.807) is 16.8 Å². The summed E-state index contributed by atoms with van der Waals surface area (Å²) in [6.07, 6.45) is 3.64. The van der Waals surface area contributed by atoms with Crippen LogP contribution in [0.1, 0.15) is 29.3 Å². The lowest BCUT2D eigenvalue weighted by Crippen LogP contribution is -2.11. The molecule has 0 unspecified atom stereocenters. The van der Waals surface area contributed by atoms with Crippen molar-refractivity contribution in [2.75, 3.05) is 6.61 Å². The first-order chi connectivity index (χ1) is 11.8. The van der Waals surface area contributed by atoms with Crippen LogP contribution in [0.25, 0.3) is 5.69 Å². The Morgan fingerprint density at radius 1 is 1.08 bits per heavy atom. The van der Waals surface area contributed by atoms with Crippen LogP contribution in [0.4, 0.5) is 0 Å². The average molecular weight is 322 g/mol. The molecule has 2 aromatic carbocycles. The first-order valence-electron chi connectivity index (χ1n) is 7.84. The van der Waals surface area contributed by atoms with Crippen molar-refractivity contribution in [3.63, 3.8) is 0 Å². The Balaban J connectivity index is 1.57. The van der Waals surface area contributed by atoms with Crippen LogP contribution < -0.4 is 4.74 Å². The summed E-state index contributed by atoms with van der Waals surface area (Å²) in [6.45, 7) is 2.15. The Bertz CT molecular complexity index is 781. The molecule has 6 nitrogen and oxygen atoms in total. The normalized spacial score (nSPS) is 10.5. The smallest absolute Gasteiger partial charge is 0.200 e. The number of tetrazole rings is 1. The van der Waals surface area contributed by atoms with Crippen molar-refractivity contribution < 1.29 is 9.53 Å². The largest absolute Gasteiger partial charge is 0.485 e. The van der Waals surface area contributed by atoms with E-state index in [-0.39, 0.29) is 12.4 Å². The lowest BCUT2D eigenvalue weighted by atomic mass is 10.1. The Morgan fingerprint density at radius 3 is 2.46 bits per heavy atom. The third-order valence-corrected chi connectivity index (χ3v) is 3.63. The number of rotatable bonds is 7. The topological polar surface area (TPSA) is 69.9 Å². The Morgan fingerprint density at radius 2 is 1.83 bits per heavy atom. The lowest BCUT2D eigenvalue weighted by molar-refractivity contribution is 0.0921. The van der Waals surface area contributed by atoms with Crippen LogP contribution in [0.5, 0.6) is 5.75 Å². The van der Waals surface area contributed by atoms with Gasteiger partial charge < -0.3 is 4.74 Å². The predicted octanol–water partition coefficient (Wildman–Crippen LogP) is 2.88. The second-order valence-corrected chi connectivity index (χ2v) is 5.41. The highest BCUT2D eigenvalue weighted by Crippen LogP contribution is 2.15. The van der Waals surface area contributed by atoms with Gasteiger partial charge in [0.2, 0.25) is 0 Å². The zero-order chi connectivity index (χ0) is 16.8. The second kappa shape index (κ2) is 7.50. The number of carbonyl (C=O) groups is 1. The fourth-order valence-corrected chi connectivity index (χ4v) is 2.35. The van der Waals surface area contributed by atoms with Crippen molar-refractivity contribution >= 4 is 5.78 Å². The fourth-order valence-electron chi connectivity index (χ4n) is 2.35. The van der Waals surface area contributed by atoms with E-state index in [2.05, 4.69) is 22.4 Å². The highest BCUT2D eigenvalue weighted by Gasteiger charge is 2.07. The van der Waals surface area contributed by atoms with E-state index in [0.717, 1.165) is 18.5 Å². The SMILES string of the molecule is CCCc1ccc(C(=O)COc2ccc(-n3cnnn3)cc2)cc1. The number of Topliss-reactive ketones (excluding diaryl/α,β-unsaturated/α-hetero) is 1. The zero-order valence-corrected chi connectivity index (χ0v) is 13.4. The molecule has 0 aliphatic rings. The molecule has 1 aromatic heterocycles. The Kier molecular flexibility index (Phi) is 4.96. The summed E-state index contributed by atoms with van der Waals surface area (Å²) in [7, 11) is 0. The summed E-state index contributed by atoms with van der Waals surface area (Å²) in [5, 5.41) is 11.0. The van der Waals surface area contributed by atoms with Gasteiger partial charge in [0.1, 0.15) is 12.1 Å². The quantitative estimate of drug-likeness (QED) is 0.626. The van der Waals surface area contributed by atoms with E-state index in [0.29, 0.717) is 11.3 Å². The van der Waals surface area contributed by atoms with Crippen LogP contribution in [0.15, 0.2) is 54.9 Å². The molecule has 0 fully saturated rings. The van der Waals surface area contributed by atoms with Gasteiger partial charge in [-0.1, -0.05) is 37.6 Å². The molecule has 0 radical (unpaired) electrons. The number of ether oxygens (including phenoxy) is 1. The number of hydrogen-bond acceptors (Lipinski definition) is 5. The maximum Gasteiger partial charge on any atom is 0.200 e. The number of carbonyl (C=O) groups excluding carboxylic acids is 1. The number of aromatic nitrogens is 4. The van der Waals surface area contributed by atoms with Gasteiger partial charge in [-0.15, -0.1) is 5.10 Å². The van der Waals surface area contributed by atoms with Crippen LogP contribution in [-0.2, 0) is 6.42 Å². The third-order valence-electron chi connectivity index (χ3n) is 3.63. The van der Waals surface area contributed by atoms with Crippen LogP contribution in [0.2, 0.25) is 0 Å². The van der Waals surface area contributed by atoms with Crippen molar-refractivity contribution in [2.45, 2.75) is 19.8 Å². The number of hydrogen-bond donors (Lipinski definition) is 0. The molecular weight excluding hydrogens is 304 g/mol. The van der Waals surface area contributed by atoms with E-state index in [4.69, 9.17) is 4.74 Å². The maximum absolute atomic E-state index is 12.2. The molecule has 0 saturated heterocycles. The molecule has 0 atom stereocenters. The summed E-state index contributed by atoms with van der Waals surface area (Å²) < 4.78 is 7.11. The van der Waals surface area contributed by atoms with Crippen molar-refractivity contribution in [2.24, 2.45) is 0 Å². The molecule has 0 amide bonds. The molecule has 1 heterocycles. The lowest BCUT2D eigenvalue weighted by Gasteiger charge is -2.07. The molecule has 0 aliphatic heterocycles. The molecule has 3 aromatic rings. The van der Waals surface area contributed by atoms with Crippen LogP contribution in [-0.4, -0.2) is 32.6 Å². The van der Waals surface area contributed by atoms with Gasteiger partial charge in [-0.3, -0.25) is 4.79 Å². The van der Waals surface area contributed by atoms with Gasteiger partial charge in [-0.25, -0.2) is 4.68 Å². The third kappa shape index (κ3) is 3.84. The van der Waals surface area contributed by atoms with Gasteiger partial charge in [0.15, 0.2) is 12.4 Å². The Labute approximate surface area is 140 Å². The van der Waals surface area contributed by atoms with Gasteiger partial charge >= 0.3 is 0 Å². The minimum Gasteiger partial charge on any atom is -0.485 e. The second-order valence-electron chi connectivity index (χ2n) is 5.41. The standard InChI is InChI=1S/C18H18N4O2/c1-2-3-14-4-6-15(7-5-14)18(23)12-24-17-10-8-16(9-11-17)22-13-19-20-21-22/h4-11,13H,2-3,12H2,1H3. The molecule has 0 bridgehead atoms. The van der Waals surface area contributed by atoms with Crippen molar-refractivity contribution in [1.82, 2.24) is 20.2 Å². The van der Waals surface area contributed by atoms with Gasteiger partial charge in [0, 0.05) is 5.56 Å². The molecule has 0 saturated carbocycles. The average Bonchev–Trinajstić information content (AvgIpc) is 3.16. The molecule has 0 aliphatic carbocycles. The van der Waals surface area contributed by atoms with Crippen molar-refractivity contribution in [1.29, 1.82) is 0 Å². The molecule has 24 heavy (non-hydrogen) atoms. The Hall–Kier alpha value is -3.02. The summed E-state index contributed by atoms with van der Waals surface area (Å²) in [4.78, 5) is 12.2. The first-order valence-corrected chi connectivity index (χ1v) is 7.84. The molecule has 0 spiro atoms. The van der Waals surface area contributed by atoms with Crippen LogP contribution >= 0.6 is 0 Å². The summed E-state index contributed by atoms with van der Waals surface area (Å²) in [6, 6.07) is 14.9. The van der Waals surface area contributed by atoms with Crippen LogP contribution in [0.3, 0.4) is 0 Å². The van der Waals surface area contributed by atoms with E-state index in [1.807, 2.05) is 36.4 Å². The summed E-state index contributed by atoms with van der Waals surface area (Å²) in [5.74, 6) is 0.588. The highest BCUT2D eigenvalue weighted by molar-refractivity contribution is 5.97. The molecule has 0 N–H and O–H groups in total. The first kappa shape index (κ1) is 15.9. The minimum atomic E-state index is -0.0393. The summed E-state index contributed by atoms with van der Waals surface area (Å²) >= 11 is 0. The van der Waals surface area contributed by atoms with Gasteiger partial charge in [-0.05, 0) is 46.7 Å². The molecule has 122 valence electrons. The molecule has 3 rings (SSSR count). The fraction of sp³-hybridized carbons (Fsp3) is 0.222. The van der Waals surface area contributed by atoms with Crippen LogP contribution in [0, 0.1) is 0 Å². The van der Waals surface area contributed by atoms with Gasteiger partial charge in [0.25, 0.3) is 0 Å². The highest BCUT2D eigenvalue weighted by atomic mass is 16.5. The monoisotopic (exact) mass is 322 g/mol. The molecule has 6 heteroatoms. The maximum atomic E-state index is 12.2. The van der Waals surface area contributed by atoms with E-state index in [1.165, 1.54) is 11.9 Å². The van der Waals surface area contributed by atoms with Gasteiger partial charge in [0.05, 0.1) is 5.69 Å². The van der Waals surface area contributed by atoms with Crippen molar-refractivity contribution in [3.8, 4) is 11.4 Å². The van der Waals surface area contributed by atoms with Gasteiger partial charge in [-0.2, -0.15) is 0 Å². The van der Waals surface area contributed by atoms with E-state index < -0.39 is 0 Å².